The average molecular weight is 788 g/mol. The normalized spacial score (nSPS) is 13.5. The van der Waals surface area contributed by atoms with Crippen LogP contribution in [-0.2, 0) is 27.9 Å². The molecule has 0 aromatic heterocycles. The Morgan fingerprint density at radius 2 is 0.944 bits per heavy atom. The van der Waals surface area contributed by atoms with E-state index >= 15 is 0 Å². The quantitative estimate of drug-likeness (QED) is 0.0271. The Morgan fingerprint density at radius 3 is 1.41 bits per heavy atom. The molecule has 0 aliphatic heterocycles. The number of rotatable bonds is 45. The number of nitrogens with two attached hydrogens (primary N) is 1. The molecule has 2 atom stereocenters. The molecule has 0 rings (SSSR count). The number of unbranched alkanes of at least 4 members (excludes halogenated alkanes) is 30. The van der Waals surface area contributed by atoms with Crippen molar-refractivity contribution in [2.75, 3.05) is 33.0 Å². The molecular weight excluding hydrogens is 697 g/mol. The highest BCUT2D eigenvalue weighted by atomic mass is 31.2. The van der Waals surface area contributed by atoms with E-state index in [2.05, 4.69) is 26.0 Å². The third-order valence-corrected chi connectivity index (χ3v) is 11.2. The maximum atomic E-state index is 12.5. The Hall–Kier alpha value is -0.760. The molecule has 9 heteroatoms. The van der Waals surface area contributed by atoms with E-state index in [1.807, 2.05) is 0 Å². The fourth-order valence-electron chi connectivity index (χ4n) is 6.74. The van der Waals surface area contributed by atoms with Crippen molar-refractivity contribution in [1.82, 2.24) is 0 Å². The topological polar surface area (TPSA) is 117 Å². The first-order chi connectivity index (χ1) is 26.4. The number of allylic oxidation sites excluding steroid dienone is 2. The van der Waals surface area contributed by atoms with Crippen LogP contribution >= 0.6 is 7.82 Å². The molecule has 0 bridgehead atoms. The van der Waals surface area contributed by atoms with Gasteiger partial charge in [0, 0.05) is 19.6 Å². The van der Waals surface area contributed by atoms with E-state index < -0.39 is 13.9 Å². The molecule has 0 aliphatic carbocycles. The van der Waals surface area contributed by atoms with Gasteiger partial charge in [-0.25, -0.2) is 4.57 Å². The van der Waals surface area contributed by atoms with E-state index in [1.54, 1.807) is 0 Å². The third kappa shape index (κ3) is 42.4. The van der Waals surface area contributed by atoms with Gasteiger partial charge in [-0.2, -0.15) is 0 Å². The van der Waals surface area contributed by atoms with Crippen LogP contribution in [0.25, 0.3) is 0 Å². The molecule has 0 amide bonds. The summed E-state index contributed by atoms with van der Waals surface area (Å²) in [6, 6.07) is 0. The lowest BCUT2D eigenvalue weighted by molar-refractivity contribution is -0.154. The maximum absolute atomic E-state index is 12.5. The third-order valence-electron chi connectivity index (χ3n) is 10.2. The zero-order chi connectivity index (χ0) is 39.5. The van der Waals surface area contributed by atoms with Crippen LogP contribution in [0.5, 0.6) is 0 Å². The second kappa shape index (κ2) is 43.4. The van der Waals surface area contributed by atoms with Crippen LogP contribution < -0.4 is 5.73 Å². The van der Waals surface area contributed by atoms with Crippen molar-refractivity contribution in [3.8, 4) is 0 Å². The van der Waals surface area contributed by atoms with Crippen LogP contribution in [-0.4, -0.2) is 49.9 Å². The highest BCUT2D eigenvalue weighted by Gasteiger charge is 2.25. The molecule has 0 aromatic carbocycles. The van der Waals surface area contributed by atoms with Crippen molar-refractivity contribution < 1.29 is 32.8 Å². The molecule has 0 spiro atoms. The fraction of sp³-hybridized carbons (Fsp3) is 0.933. The van der Waals surface area contributed by atoms with Crippen LogP contribution in [0, 0.1) is 0 Å². The SMILES string of the molecule is CCCC/C=C\CCCCCCCC(=O)OC(COCCCCCCCCCCCCCCCCCCCCCCCCCC)COP(=O)(O)OCCN. The molecule has 8 nitrogen and oxygen atoms in total. The zero-order valence-electron chi connectivity index (χ0n) is 35.7. The van der Waals surface area contributed by atoms with Gasteiger partial charge in [-0.1, -0.05) is 206 Å². The van der Waals surface area contributed by atoms with Gasteiger partial charge in [0.25, 0.3) is 0 Å². The lowest BCUT2D eigenvalue weighted by Gasteiger charge is -2.20. The predicted octanol–water partition coefficient (Wildman–Crippen LogP) is 13.9. The minimum atomic E-state index is -4.27. The summed E-state index contributed by atoms with van der Waals surface area (Å²) in [4.78, 5) is 22.4. The summed E-state index contributed by atoms with van der Waals surface area (Å²) in [6.07, 6.45) is 46.8. The van der Waals surface area contributed by atoms with E-state index in [9.17, 15) is 14.3 Å². The Morgan fingerprint density at radius 1 is 0.537 bits per heavy atom. The number of carbonyl (C=O) groups excluding carboxylic acids is 1. The molecule has 0 aromatic rings. The molecule has 0 saturated carbocycles. The minimum absolute atomic E-state index is 0.0938. The van der Waals surface area contributed by atoms with Crippen molar-refractivity contribution in [2.45, 2.75) is 238 Å². The molecule has 0 radical (unpaired) electrons. The molecule has 0 saturated heterocycles. The van der Waals surface area contributed by atoms with E-state index in [-0.39, 0.29) is 32.3 Å². The van der Waals surface area contributed by atoms with Crippen molar-refractivity contribution >= 4 is 13.8 Å². The molecule has 2 unspecified atom stereocenters. The molecule has 0 fully saturated rings. The summed E-state index contributed by atoms with van der Waals surface area (Å²) < 4.78 is 33.4. The van der Waals surface area contributed by atoms with Gasteiger partial charge in [-0.15, -0.1) is 0 Å². The van der Waals surface area contributed by atoms with Crippen LogP contribution in [0.4, 0.5) is 0 Å². The van der Waals surface area contributed by atoms with Gasteiger partial charge in [0.1, 0.15) is 6.10 Å². The van der Waals surface area contributed by atoms with E-state index in [0.29, 0.717) is 13.0 Å². The standard InChI is InChI=1S/C45H90NO7P/c1-3-5-7-9-11-13-15-16-17-18-19-20-21-22-23-24-25-26-27-29-31-33-35-37-40-50-42-44(43-52-54(48,49)51-41-39-46)53-45(47)38-36-34-32-30-28-14-12-10-8-6-4-2/h10,12,44H,3-9,11,13-43,46H2,1-2H3,(H,48,49)/b12-10-. The summed E-state index contributed by atoms with van der Waals surface area (Å²) in [5, 5.41) is 0. The Kier molecular flexibility index (Phi) is 42.8. The Bertz CT molecular complexity index is 843. The smallest absolute Gasteiger partial charge is 0.457 e. The number of phosphoric ester groups is 1. The van der Waals surface area contributed by atoms with E-state index in [0.717, 1.165) is 44.9 Å². The monoisotopic (exact) mass is 788 g/mol. The lowest BCUT2D eigenvalue weighted by Crippen LogP contribution is -2.28. The van der Waals surface area contributed by atoms with Gasteiger partial charge in [0.15, 0.2) is 0 Å². The minimum Gasteiger partial charge on any atom is -0.457 e. The largest absolute Gasteiger partial charge is 0.472 e. The number of hydrogen-bond donors (Lipinski definition) is 2. The summed E-state index contributed by atoms with van der Waals surface area (Å²) in [6.45, 7) is 4.92. The Labute approximate surface area is 334 Å². The highest BCUT2D eigenvalue weighted by Crippen LogP contribution is 2.43. The van der Waals surface area contributed by atoms with Gasteiger partial charge in [0.05, 0.1) is 19.8 Å². The summed E-state index contributed by atoms with van der Waals surface area (Å²) in [5.41, 5.74) is 5.37. The second-order valence-electron chi connectivity index (χ2n) is 15.6. The number of esters is 1. The number of carbonyl (C=O) groups is 1. The fourth-order valence-corrected chi connectivity index (χ4v) is 7.51. The first-order valence-electron chi connectivity index (χ1n) is 23.2. The van der Waals surface area contributed by atoms with Crippen molar-refractivity contribution in [1.29, 1.82) is 0 Å². The summed E-state index contributed by atoms with van der Waals surface area (Å²) in [7, 11) is -4.27. The van der Waals surface area contributed by atoms with Gasteiger partial charge < -0.3 is 20.1 Å². The van der Waals surface area contributed by atoms with Crippen LogP contribution in [0.2, 0.25) is 0 Å². The van der Waals surface area contributed by atoms with Gasteiger partial charge in [0.2, 0.25) is 0 Å². The van der Waals surface area contributed by atoms with Gasteiger partial charge in [-0.3, -0.25) is 13.8 Å². The van der Waals surface area contributed by atoms with Crippen LogP contribution in [0.3, 0.4) is 0 Å². The molecule has 0 heterocycles. The maximum Gasteiger partial charge on any atom is 0.472 e. The van der Waals surface area contributed by atoms with Crippen molar-refractivity contribution in [3.63, 3.8) is 0 Å². The summed E-state index contributed by atoms with van der Waals surface area (Å²) >= 11 is 0. The first kappa shape index (κ1) is 53.2. The molecule has 3 N–H and O–H groups in total. The number of ether oxygens (including phenoxy) is 2. The van der Waals surface area contributed by atoms with Crippen molar-refractivity contribution in [2.24, 2.45) is 5.73 Å². The molecule has 54 heavy (non-hydrogen) atoms. The number of hydrogen-bond acceptors (Lipinski definition) is 7. The van der Waals surface area contributed by atoms with Gasteiger partial charge >= 0.3 is 13.8 Å². The molecule has 322 valence electrons. The van der Waals surface area contributed by atoms with Crippen LogP contribution in [0.15, 0.2) is 12.2 Å². The first-order valence-corrected chi connectivity index (χ1v) is 24.7. The zero-order valence-corrected chi connectivity index (χ0v) is 36.6. The lowest BCUT2D eigenvalue weighted by atomic mass is 10.0. The Balaban J connectivity index is 3.84. The number of phosphoric acid groups is 1. The molecular formula is C45H90NO7P. The van der Waals surface area contributed by atoms with E-state index in [1.165, 1.54) is 167 Å². The van der Waals surface area contributed by atoms with E-state index in [4.69, 9.17) is 24.3 Å². The van der Waals surface area contributed by atoms with Crippen LogP contribution in [0.1, 0.15) is 232 Å². The average Bonchev–Trinajstić information content (AvgIpc) is 3.16. The van der Waals surface area contributed by atoms with Gasteiger partial charge in [-0.05, 0) is 32.1 Å². The predicted molar refractivity (Wildman–Crippen MR) is 229 cm³/mol. The summed E-state index contributed by atoms with van der Waals surface area (Å²) in [5.74, 6) is -0.337. The molecule has 0 aliphatic rings. The van der Waals surface area contributed by atoms with Crippen molar-refractivity contribution in [3.05, 3.63) is 12.2 Å². The second-order valence-corrected chi connectivity index (χ2v) is 17.1. The highest BCUT2D eigenvalue weighted by molar-refractivity contribution is 7.47.